The van der Waals surface area contributed by atoms with E-state index in [1.165, 1.54) is 0 Å². The number of aromatic amines is 1. The highest BCUT2D eigenvalue weighted by molar-refractivity contribution is 5.95. The second-order valence-corrected chi connectivity index (χ2v) is 7.41. The van der Waals surface area contributed by atoms with Crippen LogP contribution in [0.25, 0.3) is 21.9 Å². The molecule has 4 aliphatic rings. The van der Waals surface area contributed by atoms with Crippen LogP contribution in [-0.2, 0) is 4.79 Å². The maximum absolute atomic E-state index is 12.3. The molecule has 2 saturated heterocycles. The van der Waals surface area contributed by atoms with E-state index in [9.17, 15) is 4.79 Å². The molecule has 2 aliphatic heterocycles. The van der Waals surface area contributed by atoms with Crippen LogP contribution in [0.2, 0.25) is 0 Å². The van der Waals surface area contributed by atoms with Gasteiger partial charge in [0, 0.05) is 35.9 Å². The van der Waals surface area contributed by atoms with E-state index in [2.05, 4.69) is 37.5 Å². The Morgan fingerprint density at radius 1 is 1.20 bits per heavy atom. The third-order valence-electron chi connectivity index (χ3n) is 5.97. The topological polar surface area (TPSA) is 73.9 Å². The fourth-order valence-electron chi connectivity index (χ4n) is 4.59. The number of carbonyl (C=O) groups is 1. The van der Waals surface area contributed by atoms with Crippen LogP contribution in [0.15, 0.2) is 42.9 Å². The van der Waals surface area contributed by atoms with E-state index in [-0.39, 0.29) is 5.91 Å². The van der Waals surface area contributed by atoms with Crippen LogP contribution in [0.1, 0.15) is 0 Å². The van der Waals surface area contributed by atoms with Gasteiger partial charge in [0.15, 0.2) is 0 Å². The van der Waals surface area contributed by atoms with Gasteiger partial charge in [0.25, 0.3) is 0 Å². The van der Waals surface area contributed by atoms with Crippen molar-refractivity contribution in [3.63, 3.8) is 0 Å². The van der Waals surface area contributed by atoms with Crippen molar-refractivity contribution in [1.82, 2.24) is 20.1 Å². The maximum atomic E-state index is 12.3. The number of aromatic nitrogens is 3. The number of amides is 1. The fourth-order valence-corrected chi connectivity index (χ4v) is 4.59. The van der Waals surface area contributed by atoms with Gasteiger partial charge in [-0.3, -0.25) is 14.8 Å². The number of nitrogens with zero attached hydrogens (tertiary/aromatic N) is 3. The van der Waals surface area contributed by atoms with Crippen LogP contribution in [0.4, 0.5) is 5.82 Å². The third kappa shape index (κ3) is 2.04. The maximum Gasteiger partial charge on any atom is 0.239 e. The number of pyridine rings is 1. The van der Waals surface area contributed by atoms with Gasteiger partial charge >= 0.3 is 0 Å². The van der Waals surface area contributed by atoms with Crippen molar-refractivity contribution in [3.8, 4) is 11.1 Å². The zero-order valence-electron chi connectivity index (χ0n) is 13.5. The highest BCUT2D eigenvalue weighted by Crippen LogP contribution is 2.75. The molecular formula is C19H17N5O. The van der Waals surface area contributed by atoms with Gasteiger partial charge in [-0.05, 0) is 40.8 Å². The van der Waals surface area contributed by atoms with Gasteiger partial charge in [0.1, 0.15) is 5.82 Å². The molecule has 2 aromatic heterocycles. The second-order valence-electron chi connectivity index (χ2n) is 7.41. The van der Waals surface area contributed by atoms with Crippen LogP contribution in [0.5, 0.6) is 0 Å². The first-order chi connectivity index (χ1) is 12.3. The summed E-state index contributed by atoms with van der Waals surface area (Å²) in [6.45, 7) is 1.59. The van der Waals surface area contributed by atoms with Crippen molar-refractivity contribution in [2.24, 2.45) is 17.8 Å². The van der Waals surface area contributed by atoms with Crippen molar-refractivity contribution < 1.29 is 4.79 Å². The van der Waals surface area contributed by atoms with Crippen LogP contribution in [0.3, 0.4) is 0 Å². The summed E-state index contributed by atoms with van der Waals surface area (Å²) in [7, 11) is 0. The largest absolute Gasteiger partial charge is 0.310 e. The Morgan fingerprint density at radius 2 is 2.12 bits per heavy atom. The lowest BCUT2D eigenvalue weighted by Crippen LogP contribution is -2.32. The Morgan fingerprint density at radius 3 is 2.88 bits per heavy atom. The first kappa shape index (κ1) is 13.5. The summed E-state index contributed by atoms with van der Waals surface area (Å²) in [6, 6.07) is 8.82. The molecule has 2 atom stereocenters. The molecule has 7 rings (SSSR count). The minimum atomic E-state index is 0.0322. The molecule has 124 valence electrons. The Hall–Kier alpha value is -2.73. The fraction of sp³-hybridized carbons (Fsp3) is 0.316. The van der Waals surface area contributed by atoms with E-state index in [1.54, 1.807) is 12.4 Å². The van der Waals surface area contributed by atoms with Gasteiger partial charge in [-0.15, -0.1) is 0 Å². The molecular weight excluding hydrogens is 314 g/mol. The Balaban J connectivity index is 1.22. The van der Waals surface area contributed by atoms with E-state index in [0.717, 1.165) is 46.2 Å². The summed E-state index contributed by atoms with van der Waals surface area (Å²) >= 11 is 0. The number of hydrogen-bond acceptors (Lipinski definition) is 4. The molecule has 2 bridgehead atoms. The summed E-state index contributed by atoms with van der Waals surface area (Å²) in [4.78, 5) is 19.0. The molecule has 4 fully saturated rings. The molecule has 2 unspecified atom stereocenters. The highest BCUT2D eigenvalue weighted by atomic mass is 16.2. The summed E-state index contributed by atoms with van der Waals surface area (Å²) in [5.74, 6) is 3.39. The first-order valence-electron chi connectivity index (χ1n) is 8.71. The average molecular weight is 331 g/mol. The summed E-state index contributed by atoms with van der Waals surface area (Å²) in [6.07, 6.45) is 5.48. The lowest BCUT2D eigenvalue weighted by Gasteiger charge is -2.14. The van der Waals surface area contributed by atoms with Crippen molar-refractivity contribution in [2.45, 2.75) is 6.04 Å². The molecule has 1 aromatic carbocycles. The van der Waals surface area contributed by atoms with Crippen molar-refractivity contribution in [3.05, 3.63) is 42.9 Å². The number of rotatable bonds is 4. The number of carbonyl (C=O) groups excluding carboxylic acids is 1. The SMILES string of the molecule is O=C(CN1CC2C3C2C31)Nc1cc2cc(-c3cn[nH]c3)ccc2cn1. The quantitative estimate of drug-likeness (QED) is 0.768. The molecule has 4 heterocycles. The number of fused-ring (bicyclic) bond motifs is 2. The van der Waals surface area contributed by atoms with Crippen molar-refractivity contribution in [1.29, 1.82) is 0 Å². The minimum Gasteiger partial charge on any atom is -0.310 e. The average Bonchev–Trinajstić information content (AvgIpc) is 3.26. The van der Waals surface area contributed by atoms with Crippen molar-refractivity contribution in [2.75, 3.05) is 18.4 Å². The van der Waals surface area contributed by atoms with Gasteiger partial charge in [-0.2, -0.15) is 5.10 Å². The van der Waals surface area contributed by atoms with Crippen LogP contribution < -0.4 is 5.32 Å². The molecule has 2 aliphatic carbocycles. The van der Waals surface area contributed by atoms with Gasteiger partial charge in [-0.25, -0.2) is 4.98 Å². The predicted molar refractivity (Wildman–Crippen MR) is 93.8 cm³/mol. The minimum absolute atomic E-state index is 0.0322. The molecule has 25 heavy (non-hydrogen) atoms. The van der Waals surface area contributed by atoms with E-state index in [4.69, 9.17) is 0 Å². The number of piperidine rings is 1. The zero-order valence-corrected chi connectivity index (χ0v) is 13.5. The van der Waals surface area contributed by atoms with Gasteiger partial charge in [0.2, 0.25) is 5.91 Å². The predicted octanol–water partition coefficient (Wildman–Crippen LogP) is 2.12. The van der Waals surface area contributed by atoms with E-state index >= 15 is 0 Å². The standard InChI is InChI=1S/C19H17N5O/c25-16(9-24-8-14-17-18(14)19(17)24)23-15-4-12-3-10(13-6-21-22-7-13)1-2-11(12)5-20-15/h1-7,14,17-19H,8-9H2,(H,21,22)(H,20,23,25). The molecule has 1 amide bonds. The summed E-state index contributed by atoms with van der Waals surface area (Å²) < 4.78 is 0. The van der Waals surface area contributed by atoms with Gasteiger partial charge < -0.3 is 5.32 Å². The third-order valence-corrected chi connectivity index (χ3v) is 5.97. The van der Waals surface area contributed by atoms with E-state index in [0.29, 0.717) is 18.4 Å². The molecule has 3 aromatic rings. The number of H-pyrrole nitrogens is 1. The Bertz CT molecular complexity index is 981. The van der Waals surface area contributed by atoms with Gasteiger partial charge in [0.05, 0.1) is 12.7 Å². The highest BCUT2D eigenvalue weighted by Gasteiger charge is 2.80. The Labute approximate surface area is 144 Å². The monoisotopic (exact) mass is 331 g/mol. The van der Waals surface area contributed by atoms with Crippen molar-refractivity contribution >= 4 is 22.5 Å². The smallest absolute Gasteiger partial charge is 0.239 e. The molecule has 2 N–H and O–H groups in total. The first-order valence-corrected chi connectivity index (χ1v) is 8.71. The number of nitrogens with one attached hydrogen (secondary N) is 2. The number of hydrogen-bond donors (Lipinski definition) is 2. The zero-order chi connectivity index (χ0) is 16.5. The normalized spacial score (nSPS) is 28.8. The lowest BCUT2D eigenvalue weighted by molar-refractivity contribution is -0.117. The van der Waals surface area contributed by atoms with Gasteiger partial charge in [-0.1, -0.05) is 12.1 Å². The number of benzene rings is 1. The summed E-state index contributed by atoms with van der Waals surface area (Å²) in [5.41, 5.74) is 2.13. The lowest BCUT2D eigenvalue weighted by atomic mass is 10.1. The molecule has 0 spiro atoms. The van der Waals surface area contributed by atoms with E-state index < -0.39 is 0 Å². The second kappa shape index (κ2) is 4.67. The van der Waals surface area contributed by atoms with Crippen LogP contribution in [-0.4, -0.2) is 45.1 Å². The summed E-state index contributed by atoms with van der Waals surface area (Å²) in [5, 5.41) is 11.9. The molecule has 6 nitrogen and oxygen atoms in total. The Kier molecular flexibility index (Phi) is 2.53. The molecule has 2 saturated carbocycles. The molecule has 0 radical (unpaired) electrons. The van der Waals surface area contributed by atoms with Crippen LogP contribution >= 0.6 is 0 Å². The van der Waals surface area contributed by atoms with Crippen LogP contribution in [0, 0.1) is 17.8 Å². The van der Waals surface area contributed by atoms with E-state index in [1.807, 2.05) is 18.3 Å². The number of anilines is 1. The molecule has 6 heteroatoms.